The highest BCUT2D eigenvalue weighted by molar-refractivity contribution is 14.1. The topological polar surface area (TPSA) is 73.9 Å². The molecule has 0 aliphatic carbocycles. The van der Waals surface area contributed by atoms with E-state index in [4.69, 9.17) is 14.2 Å². The van der Waals surface area contributed by atoms with Crippen molar-refractivity contribution in [3.63, 3.8) is 0 Å². The van der Waals surface area contributed by atoms with Crippen molar-refractivity contribution in [1.82, 2.24) is 5.32 Å². The summed E-state index contributed by atoms with van der Waals surface area (Å²) in [7, 11) is 0. The lowest BCUT2D eigenvalue weighted by molar-refractivity contribution is -0.121. The number of ketones is 1. The van der Waals surface area contributed by atoms with Gasteiger partial charge in [-0.1, -0.05) is 34.7 Å². The molecule has 0 heterocycles. The van der Waals surface area contributed by atoms with Crippen LogP contribution in [0.25, 0.3) is 0 Å². The number of benzene rings is 1. The van der Waals surface area contributed by atoms with Crippen LogP contribution in [-0.4, -0.2) is 49.3 Å². The summed E-state index contributed by atoms with van der Waals surface area (Å²) in [4.78, 5) is 22.6. The average Bonchev–Trinajstić information content (AvgIpc) is 2.55. The molecule has 0 unspecified atom stereocenters. The second-order valence-electron chi connectivity index (χ2n) is 4.78. The average molecular weight is 435 g/mol. The molecular weight excluding hydrogens is 413 g/mol. The van der Waals surface area contributed by atoms with E-state index in [-0.39, 0.29) is 18.3 Å². The standard InChI is InChI=1S/C16H22INO5/c1-13(19)10-22-9-8-21-7-6-18-16(20)15-4-2-14(3-5-15)11-23-12-17/h2-5H,6-12H2,1H3,(H,18,20). The predicted octanol–water partition coefficient (Wildman–Crippen LogP) is 1.95. The van der Waals surface area contributed by atoms with E-state index >= 15 is 0 Å². The van der Waals surface area contributed by atoms with Crippen LogP contribution in [-0.2, 0) is 25.6 Å². The van der Waals surface area contributed by atoms with Gasteiger partial charge in [0.2, 0.25) is 0 Å². The molecule has 6 nitrogen and oxygen atoms in total. The van der Waals surface area contributed by atoms with Gasteiger partial charge in [0.25, 0.3) is 5.91 Å². The van der Waals surface area contributed by atoms with Crippen molar-refractivity contribution in [2.45, 2.75) is 13.5 Å². The van der Waals surface area contributed by atoms with Crippen LogP contribution in [0.4, 0.5) is 0 Å². The first-order chi connectivity index (χ1) is 11.1. The van der Waals surface area contributed by atoms with Crippen molar-refractivity contribution in [3.8, 4) is 0 Å². The maximum Gasteiger partial charge on any atom is 0.251 e. The molecule has 128 valence electrons. The minimum atomic E-state index is -0.136. The number of nitrogens with one attached hydrogen (secondary N) is 1. The largest absolute Gasteiger partial charge is 0.377 e. The molecule has 0 radical (unpaired) electrons. The Morgan fingerprint density at radius 1 is 1.04 bits per heavy atom. The smallest absolute Gasteiger partial charge is 0.251 e. The fraction of sp³-hybridized carbons (Fsp3) is 0.500. The van der Waals surface area contributed by atoms with Gasteiger partial charge in [-0.25, -0.2) is 0 Å². The molecule has 0 aliphatic rings. The first kappa shape index (κ1) is 20.0. The Morgan fingerprint density at radius 3 is 2.39 bits per heavy atom. The molecule has 0 spiro atoms. The highest BCUT2D eigenvalue weighted by Crippen LogP contribution is 2.06. The van der Waals surface area contributed by atoms with E-state index in [0.717, 1.165) is 5.56 Å². The zero-order valence-corrected chi connectivity index (χ0v) is 15.3. The molecule has 1 amide bonds. The van der Waals surface area contributed by atoms with Crippen LogP contribution in [0.5, 0.6) is 0 Å². The molecule has 1 rings (SSSR count). The van der Waals surface area contributed by atoms with Crippen LogP contribution >= 0.6 is 22.6 Å². The summed E-state index contributed by atoms with van der Waals surface area (Å²) in [6, 6.07) is 7.31. The number of amides is 1. The van der Waals surface area contributed by atoms with Crippen LogP contribution in [0, 0.1) is 0 Å². The van der Waals surface area contributed by atoms with Crippen LogP contribution in [0.3, 0.4) is 0 Å². The van der Waals surface area contributed by atoms with Gasteiger partial charge in [-0.05, 0) is 24.6 Å². The third-order valence-corrected chi connectivity index (χ3v) is 3.21. The normalized spacial score (nSPS) is 10.5. The van der Waals surface area contributed by atoms with E-state index in [1.54, 1.807) is 12.1 Å². The summed E-state index contributed by atoms with van der Waals surface area (Å²) in [5.74, 6) is -0.146. The summed E-state index contributed by atoms with van der Waals surface area (Å²) in [5, 5.41) is 2.78. The molecule has 0 aromatic heterocycles. The van der Waals surface area contributed by atoms with Crippen molar-refractivity contribution < 1.29 is 23.8 Å². The van der Waals surface area contributed by atoms with Crippen molar-refractivity contribution in [2.75, 3.05) is 37.6 Å². The van der Waals surface area contributed by atoms with Crippen molar-refractivity contribution >= 4 is 34.3 Å². The molecule has 0 saturated carbocycles. The summed E-state index contributed by atoms with van der Waals surface area (Å²) in [6.45, 7) is 3.72. The predicted molar refractivity (Wildman–Crippen MR) is 94.8 cm³/mol. The van der Waals surface area contributed by atoms with Gasteiger partial charge in [-0.15, -0.1) is 0 Å². The third-order valence-electron chi connectivity index (χ3n) is 2.77. The van der Waals surface area contributed by atoms with Gasteiger partial charge in [-0.2, -0.15) is 0 Å². The van der Waals surface area contributed by atoms with Crippen molar-refractivity contribution in [1.29, 1.82) is 0 Å². The molecule has 0 fully saturated rings. The van der Waals surface area contributed by atoms with Gasteiger partial charge in [0.05, 0.1) is 31.0 Å². The highest BCUT2D eigenvalue weighted by atomic mass is 127. The number of alkyl halides is 1. The Hall–Kier alpha value is -1.03. The van der Waals surface area contributed by atoms with Gasteiger partial charge in [-0.3, -0.25) is 9.59 Å². The molecule has 0 bridgehead atoms. The van der Waals surface area contributed by atoms with Gasteiger partial charge in [0, 0.05) is 12.1 Å². The van der Waals surface area contributed by atoms with Crippen LogP contribution in [0.15, 0.2) is 24.3 Å². The molecule has 1 aromatic carbocycles. The maximum atomic E-state index is 11.9. The van der Waals surface area contributed by atoms with Crippen molar-refractivity contribution in [2.24, 2.45) is 0 Å². The van der Waals surface area contributed by atoms with E-state index in [1.807, 2.05) is 12.1 Å². The molecule has 7 heteroatoms. The quantitative estimate of drug-likeness (QED) is 0.309. The highest BCUT2D eigenvalue weighted by Gasteiger charge is 2.04. The van der Waals surface area contributed by atoms with E-state index in [1.165, 1.54) is 6.92 Å². The number of Topliss-reactive ketones (excluding diaryl/α,β-unsaturated/α-hetero) is 1. The fourth-order valence-corrected chi connectivity index (χ4v) is 1.90. The molecule has 0 atom stereocenters. The first-order valence-electron chi connectivity index (χ1n) is 7.29. The Balaban J connectivity index is 2.12. The zero-order chi connectivity index (χ0) is 16.9. The number of halogens is 1. The number of carbonyl (C=O) groups is 2. The minimum absolute atomic E-state index is 0.0101. The lowest BCUT2D eigenvalue weighted by Gasteiger charge is -2.07. The van der Waals surface area contributed by atoms with E-state index < -0.39 is 0 Å². The van der Waals surface area contributed by atoms with Gasteiger partial charge in [0.1, 0.15) is 6.61 Å². The Bertz CT molecular complexity index is 478. The summed E-state index contributed by atoms with van der Waals surface area (Å²) >= 11 is 2.14. The number of rotatable bonds is 12. The fourth-order valence-electron chi connectivity index (χ4n) is 1.68. The summed E-state index contributed by atoms with van der Waals surface area (Å²) < 4.78 is 16.3. The SMILES string of the molecule is CC(=O)COCCOCCNC(=O)c1ccc(COCI)cc1. The minimum Gasteiger partial charge on any atom is -0.377 e. The number of hydrogen-bond acceptors (Lipinski definition) is 5. The molecule has 1 aromatic rings. The Morgan fingerprint density at radius 2 is 1.74 bits per heavy atom. The first-order valence-corrected chi connectivity index (χ1v) is 8.82. The zero-order valence-electron chi connectivity index (χ0n) is 13.2. The van der Waals surface area contributed by atoms with Crippen LogP contribution in [0.1, 0.15) is 22.8 Å². The summed E-state index contributed by atoms with van der Waals surface area (Å²) in [5.41, 5.74) is 1.64. The second kappa shape index (κ2) is 12.4. The number of ether oxygens (including phenoxy) is 3. The van der Waals surface area contributed by atoms with Gasteiger partial charge >= 0.3 is 0 Å². The number of hydrogen-bond donors (Lipinski definition) is 1. The van der Waals surface area contributed by atoms with E-state index in [0.29, 0.717) is 43.1 Å². The molecule has 1 N–H and O–H groups in total. The Labute approximate surface area is 150 Å². The van der Waals surface area contributed by atoms with Crippen molar-refractivity contribution in [3.05, 3.63) is 35.4 Å². The second-order valence-corrected chi connectivity index (χ2v) is 5.40. The third kappa shape index (κ3) is 9.65. The maximum absolute atomic E-state index is 11.9. The van der Waals surface area contributed by atoms with Gasteiger partial charge < -0.3 is 19.5 Å². The van der Waals surface area contributed by atoms with Gasteiger partial charge in [0.15, 0.2) is 5.78 Å². The monoisotopic (exact) mass is 435 g/mol. The summed E-state index contributed by atoms with van der Waals surface area (Å²) in [6.07, 6.45) is 0. The molecule has 0 saturated heterocycles. The Kier molecular flexibility index (Phi) is 10.8. The van der Waals surface area contributed by atoms with E-state index in [9.17, 15) is 9.59 Å². The lowest BCUT2D eigenvalue weighted by Crippen LogP contribution is -2.27. The van der Waals surface area contributed by atoms with Crippen LogP contribution in [0.2, 0.25) is 0 Å². The molecular formula is C16H22INO5. The van der Waals surface area contributed by atoms with E-state index in [2.05, 4.69) is 27.9 Å². The lowest BCUT2D eigenvalue weighted by atomic mass is 10.1. The molecule has 23 heavy (non-hydrogen) atoms. The molecule has 0 aliphatic heterocycles. The number of carbonyl (C=O) groups excluding carboxylic acids is 2. The van der Waals surface area contributed by atoms with Crippen LogP contribution < -0.4 is 5.32 Å².